The van der Waals surface area contributed by atoms with E-state index in [1.165, 1.54) is 32.1 Å². The van der Waals surface area contributed by atoms with Crippen LogP contribution in [0.5, 0.6) is 0 Å². The van der Waals surface area contributed by atoms with Gasteiger partial charge < -0.3 is 0 Å². The molecule has 0 rings (SSSR count). The standard InChI is InChI=1S/C11H24.2C2H6/c1-5-10(6-2)9-11(7-3)8-4;2*1-2/h10-11H,5-9H2,1-4H3;2*1-2H3. The van der Waals surface area contributed by atoms with Gasteiger partial charge in [0.1, 0.15) is 0 Å². The summed E-state index contributed by atoms with van der Waals surface area (Å²) in [5.74, 6) is 1.97. The molecule has 0 N–H and O–H groups in total. The molecule has 96 valence electrons. The Morgan fingerprint density at radius 2 is 0.733 bits per heavy atom. The van der Waals surface area contributed by atoms with Gasteiger partial charge in [-0.15, -0.1) is 0 Å². The molecule has 0 aliphatic heterocycles. The van der Waals surface area contributed by atoms with Crippen LogP contribution < -0.4 is 0 Å². The average molecular weight is 216 g/mol. The highest BCUT2D eigenvalue weighted by molar-refractivity contribution is 4.61. The van der Waals surface area contributed by atoms with Crippen molar-refractivity contribution in [1.29, 1.82) is 0 Å². The first-order valence-corrected chi connectivity index (χ1v) is 7.28. The highest BCUT2D eigenvalue weighted by atomic mass is 14.2. The van der Waals surface area contributed by atoms with E-state index in [1.54, 1.807) is 0 Å². The Bertz CT molecular complexity index is 58.1. The van der Waals surface area contributed by atoms with Crippen molar-refractivity contribution in [2.75, 3.05) is 0 Å². The summed E-state index contributed by atoms with van der Waals surface area (Å²) >= 11 is 0. The second-order valence-corrected chi connectivity index (χ2v) is 3.60. The lowest BCUT2D eigenvalue weighted by Crippen LogP contribution is -2.05. The lowest BCUT2D eigenvalue weighted by atomic mass is 9.88. The van der Waals surface area contributed by atoms with E-state index < -0.39 is 0 Å². The number of rotatable bonds is 6. The molecule has 0 heterocycles. The summed E-state index contributed by atoms with van der Waals surface area (Å²) in [6.45, 7) is 17.3. The molecule has 0 radical (unpaired) electrons. The molecule has 0 spiro atoms. The third-order valence-corrected chi connectivity index (χ3v) is 2.98. The van der Waals surface area contributed by atoms with E-state index in [2.05, 4.69) is 27.7 Å². The normalized spacial score (nSPS) is 9.20. The summed E-state index contributed by atoms with van der Waals surface area (Å²) < 4.78 is 0. The smallest absolute Gasteiger partial charge is 0.0417 e. The Kier molecular flexibility index (Phi) is 26.6. The summed E-state index contributed by atoms with van der Waals surface area (Å²) in [7, 11) is 0. The van der Waals surface area contributed by atoms with Crippen molar-refractivity contribution < 1.29 is 0 Å². The summed E-state index contributed by atoms with van der Waals surface area (Å²) in [6.07, 6.45) is 6.93. The lowest BCUT2D eigenvalue weighted by molar-refractivity contribution is 0.338. The maximum absolute atomic E-state index is 2.32. The van der Waals surface area contributed by atoms with Crippen molar-refractivity contribution in [3.63, 3.8) is 0 Å². The average Bonchev–Trinajstić information content (AvgIpc) is 2.36. The van der Waals surface area contributed by atoms with Crippen molar-refractivity contribution in [1.82, 2.24) is 0 Å². The molecule has 0 aromatic carbocycles. The summed E-state index contributed by atoms with van der Waals surface area (Å²) in [5.41, 5.74) is 0. The van der Waals surface area contributed by atoms with E-state index in [9.17, 15) is 0 Å². The summed E-state index contributed by atoms with van der Waals surface area (Å²) in [5, 5.41) is 0. The largest absolute Gasteiger partial charge is 0.0683 e. The first-order valence-electron chi connectivity index (χ1n) is 7.28. The molecule has 0 amide bonds. The molecule has 0 aromatic heterocycles. The van der Waals surface area contributed by atoms with Crippen molar-refractivity contribution >= 4 is 0 Å². The van der Waals surface area contributed by atoms with Crippen LogP contribution in [0.3, 0.4) is 0 Å². The van der Waals surface area contributed by atoms with Crippen LogP contribution >= 0.6 is 0 Å². The molecule has 0 nitrogen and oxygen atoms in total. The Morgan fingerprint density at radius 3 is 0.867 bits per heavy atom. The number of hydrogen-bond acceptors (Lipinski definition) is 0. The zero-order chi connectivity index (χ0) is 12.7. The zero-order valence-corrected chi connectivity index (χ0v) is 12.7. The topological polar surface area (TPSA) is 0 Å². The van der Waals surface area contributed by atoms with Crippen LogP contribution in [0.25, 0.3) is 0 Å². The van der Waals surface area contributed by atoms with Crippen LogP contribution in [-0.4, -0.2) is 0 Å². The highest BCUT2D eigenvalue weighted by Gasteiger charge is 2.09. The highest BCUT2D eigenvalue weighted by Crippen LogP contribution is 2.23. The van der Waals surface area contributed by atoms with Gasteiger partial charge in [0.15, 0.2) is 0 Å². The van der Waals surface area contributed by atoms with Crippen molar-refractivity contribution in [3.8, 4) is 0 Å². The SMILES string of the molecule is CC.CC.CCC(CC)CC(CC)CC. The third kappa shape index (κ3) is 14.0. The fourth-order valence-electron chi connectivity index (χ4n) is 1.72. The predicted molar refractivity (Wildman–Crippen MR) is 75.5 cm³/mol. The van der Waals surface area contributed by atoms with E-state index in [0.29, 0.717) is 0 Å². The minimum atomic E-state index is 0.986. The Hall–Kier alpha value is 0. The van der Waals surface area contributed by atoms with Crippen LogP contribution in [-0.2, 0) is 0 Å². The van der Waals surface area contributed by atoms with Gasteiger partial charge >= 0.3 is 0 Å². The maximum Gasteiger partial charge on any atom is -0.0417 e. The van der Waals surface area contributed by atoms with E-state index in [0.717, 1.165) is 11.8 Å². The molecule has 15 heavy (non-hydrogen) atoms. The van der Waals surface area contributed by atoms with Crippen LogP contribution in [0.15, 0.2) is 0 Å². The first-order chi connectivity index (χ1) is 7.28. The summed E-state index contributed by atoms with van der Waals surface area (Å²) in [4.78, 5) is 0. The molecule has 0 aromatic rings. The lowest BCUT2D eigenvalue weighted by Gasteiger charge is -2.18. The van der Waals surface area contributed by atoms with Crippen LogP contribution in [0.2, 0.25) is 0 Å². The van der Waals surface area contributed by atoms with Crippen LogP contribution in [0, 0.1) is 11.8 Å². The van der Waals surface area contributed by atoms with Gasteiger partial charge in [0.2, 0.25) is 0 Å². The predicted octanol–water partition coefficient (Wildman–Crippen LogP) is 6.30. The van der Waals surface area contributed by atoms with Gasteiger partial charge in [0.25, 0.3) is 0 Å². The molecule has 0 aliphatic carbocycles. The molecule has 0 heteroatoms. The Labute approximate surface area is 99.9 Å². The first kappa shape index (κ1) is 20.4. The van der Waals surface area contributed by atoms with Crippen LogP contribution in [0.4, 0.5) is 0 Å². The van der Waals surface area contributed by atoms with Gasteiger partial charge in [0.05, 0.1) is 0 Å². The van der Waals surface area contributed by atoms with E-state index >= 15 is 0 Å². The van der Waals surface area contributed by atoms with Gasteiger partial charge in [-0.1, -0.05) is 81.1 Å². The van der Waals surface area contributed by atoms with Crippen molar-refractivity contribution in [2.45, 2.75) is 87.5 Å². The molecule has 0 aliphatic rings. The maximum atomic E-state index is 2.32. The molecular formula is C15H36. The van der Waals surface area contributed by atoms with Gasteiger partial charge in [-0.2, -0.15) is 0 Å². The van der Waals surface area contributed by atoms with Gasteiger partial charge in [-0.05, 0) is 18.3 Å². The molecular weight excluding hydrogens is 180 g/mol. The second-order valence-electron chi connectivity index (χ2n) is 3.60. The van der Waals surface area contributed by atoms with Crippen molar-refractivity contribution in [2.24, 2.45) is 11.8 Å². The van der Waals surface area contributed by atoms with Crippen LogP contribution in [0.1, 0.15) is 87.5 Å². The molecule has 0 saturated carbocycles. The Balaban J connectivity index is -0.000000318. The minimum Gasteiger partial charge on any atom is -0.0683 e. The fourth-order valence-corrected chi connectivity index (χ4v) is 1.72. The second kappa shape index (κ2) is 19.6. The summed E-state index contributed by atoms with van der Waals surface area (Å²) in [6, 6.07) is 0. The van der Waals surface area contributed by atoms with Crippen molar-refractivity contribution in [3.05, 3.63) is 0 Å². The minimum absolute atomic E-state index is 0.986. The molecule has 0 saturated heterocycles. The third-order valence-electron chi connectivity index (χ3n) is 2.98. The molecule has 0 atom stereocenters. The molecule has 0 bridgehead atoms. The Morgan fingerprint density at radius 1 is 0.533 bits per heavy atom. The molecule has 0 unspecified atom stereocenters. The van der Waals surface area contributed by atoms with Gasteiger partial charge in [-0.25, -0.2) is 0 Å². The zero-order valence-electron chi connectivity index (χ0n) is 12.7. The molecule has 0 fully saturated rings. The number of hydrogen-bond donors (Lipinski definition) is 0. The quantitative estimate of drug-likeness (QED) is 0.488. The monoisotopic (exact) mass is 216 g/mol. The van der Waals surface area contributed by atoms with Gasteiger partial charge in [0, 0.05) is 0 Å². The van der Waals surface area contributed by atoms with E-state index in [4.69, 9.17) is 0 Å². The van der Waals surface area contributed by atoms with E-state index in [-0.39, 0.29) is 0 Å². The van der Waals surface area contributed by atoms with E-state index in [1.807, 2.05) is 27.7 Å². The fraction of sp³-hybridized carbons (Fsp3) is 1.00. The van der Waals surface area contributed by atoms with Gasteiger partial charge in [-0.3, -0.25) is 0 Å².